The fourth-order valence-electron chi connectivity index (χ4n) is 1.69. The van der Waals surface area contributed by atoms with Crippen molar-refractivity contribution in [1.82, 2.24) is 10.2 Å². The van der Waals surface area contributed by atoms with Crippen LogP contribution in [0.3, 0.4) is 0 Å². The van der Waals surface area contributed by atoms with Gasteiger partial charge in [-0.15, -0.1) is 0 Å². The zero-order valence-electron chi connectivity index (χ0n) is 10.4. The second-order valence-corrected chi connectivity index (χ2v) is 4.99. The highest BCUT2D eigenvalue weighted by molar-refractivity contribution is 5.83. The van der Waals surface area contributed by atoms with Crippen molar-refractivity contribution in [3.63, 3.8) is 0 Å². The molecule has 0 fully saturated rings. The highest BCUT2D eigenvalue weighted by atomic mass is 15.1. The quantitative estimate of drug-likeness (QED) is 0.826. The lowest BCUT2D eigenvalue weighted by atomic mass is 10.0. The topological polar surface area (TPSA) is 40.7 Å². The van der Waals surface area contributed by atoms with Crippen molar-refractivity contribution in [1.29, 1.82) is 0 Å². The summed E-state index contributed by atoms with van der Waals surface area (Å²) < 4.78 is 0. The van der Waals surface area contributed by atoms with E-state index in [1.165, 1.54) is 11.3 Å². The molecule has 0 radical (unpaired) electrons. The summed E-state index contributed by atoms with van der Waals surface area (Å²) in [5.74, 6) is 0. The van der Waals surface area contributed by atoms with E-state index in [2.05, 4.69) is 55.3 Å². The van der Waals surface area contributed by atoms with Gasteiger partial charge in [0, 0.05) is 16.6 Å². The highest BCUT2D eigenvalue weighted by Gasteiger charge is 2.15. The number of aromatic amines is 1. The zero-order chi connectivity index (χ0) is 11.8. The summed E-state index contributed by atoms with van der Waals surface area (Å²) in [4.78, 5) is 0. The summed E-state index contributed by atoms with van der Waals surface area (Å²) in [5.41, 5.74) is 3.67. The van der Waals surface area contributed by atoms with Gasteiger partial charge < -0.3 is 5.32 Å². The predicted molar refractivity (Wildman–Crippen MR) is 68.8 cm³/mol. The lowest BCUT2D eigenvalue weighted by Gasteiger charge is -2.27. The van der Waals surface area contributed by atoms with Crippen molar-refractivity contribution in [3.8, 4) is 0 Å². The molecular formula is C13H19N3. The third-order valence-electron chi connectivity index (χ3n) is 3.14. The largest absolute Gasteiger partial charge is 0.380 e. The molecule has 0 aliphatic rings. The lowest BCUT2D eigenvalue weighted by molar-refractivity contribution is 0.547. The number of benzene rings is 1. The molecule has 2 N–H and O–H groups in total. The van der Waals surface area contributed by atoms with Gasteiger partial charge in [0.25, 0.3) is 0 Å². The molecule has 0 atom stereocenters. The van der Waals surface area contributed by atoms with E-state index < -0.39 is 0 Å². The van der Waals surface area contributed by atoms with Gasteiger partial charge in [0.1, 0.15) is 0 Å². The van der Waals surface area contributed by atoms with Crippen LogP contribution in [-0.4, -0.2) is 15.7 Å². The molecule has 1 aromatic heterocycles. The van der Waals surface area contributed by atoms with Crippen LogP contribution in [0.2, 0.25) is 0 Å². The molecule has 3 nitrogen and oxygen atoms in total. The number of H-pyrrole nitrogens is 1. The number of anilines is 1. The predicted octanol–water partition coefficient (Wildman–Crippen LogP) is 3.47. The molecule has 0 spiro atoms. The van der Waals surface area contributed by atoms with Crippen molar-refractivity contribution in [3.05, 3.63) is 23.9 Å². The van der Waals surface area contributed by atoms with Crippen LogP contribution in [0.15, 0.2) is 18.3 Å². The number of fused-ring (bicyclic) bond motifs is 1. The minimum Gasteiger partial charge on any atom is -0.380 e. The smallest absolute Gasteiger partial charge is 0.0654 e. The molecule has 1 aromatic carbocycles. The molecule has 0 aliphatic carbocycles. The van der Waals surface area contributed by atoms with Crippen molar-refractivity contribution in [2.24, 2.45) is 0 Å². The van der Waals surface area contributed by atoms with Gasteiger partial charge in [-0.25, -0.2) is 0 Å². The van der Waals surface area contributed by atoms with Crippen LogP contribution in [0.4, 0.5) is 5.69 Å². The van der Waals surface area contributed by atoms with Crippen LogP contribution < -0.4 is 5.32 Å². The van der Waals surface area contributed by atoms with E-state index in [0.717, 1.165) is 17.3 Å². The Morgan fingerprint density at radius 1 is 1.38 bits per heavy atom. The molecule has 0 saturated carbocycles. The summed E-state index contributed by atoms with van der Waals surface area (Å²) in [5, 5.41) is 11.8. The number of nitrogens with one attached hydrogen (secondary N) is 2. The van der Waals surface area contributed by atoms with Gasteiger partial charge in [0.2, 0.25) is 0 Å². The van der Waals surface area contributed by atoms with Crippen LogP contribution in [0.1, 0.15) is 32.8 Å². The second-order valence-electron chi connectivity index (χ2n) is 4.99. The minimum atomic E-state index is 0.127. The molecule has 0 unspecified atom stereocenters. The van der Waals surface area contributed by atoms with Crippen LogP contribution >= 0.6 is 0 Å². The van der Waals surface area contributed by atoms with Gasteiger partial charge in [-0.1, -0.05) is 6.92 Å². The number of nitrogens with zero attached hydrogens (tertiary/aromatic N) is 1. The average Bonchev–Trinajstić information content (AvgIpc) is 2.65. The fraction of sp³-hybridized carbons (Fsp3) is 0.462. The van der Waals surface area contributed by atoms with Crippen LogP contribution in [-0.2, 0) is 0 Å². The summed E-state index contributed by atoms with van der Waals surface area (Å²) in [7, 11) is 0. The van der Waals surface area contributed by atoms with Crippen molar-refractivity contribution < 1.29 is 0 Å². The monoisotopic (exact) mass is 217 g/mol. The van der Waals surface area contributed by atoms with Gasteiger partial charge in [-0.3, -0.25) is 5.10 Å². The Kier molecular flexibility index (Phi) is 2.62. The average molecular weight is 217 g/mol. The third-order valence-corrected chi connectivity index (χ3v) is 3.14. The summed E-state index contributed by atoms with van der Waals surface area (Å²) in [6.07, 6.45) is 2.95. The molecule has 0 aliphatic heterocycles. The first-order valence-corrected chi connectivity index (χ1v) is 5.74. The van der Waals surface area contributed by atoms with Gasteiger partial charge in [0.15, 0.2) is 0 Å². The molecular weight excluding hydrogens is 198 g/mol. The lowest BCUT2D eigenvalue weighted by Crippen LogP contribution is -2.29. The van der Waals surface area contributed by atoms with E-state index in [4.69, 9.17) is 0 Å². The Hall–Kier alpha value is -1.51. The van der Waals surface area contributed by atoms with E-state index in [1.807, 2.05) is 6.20 Å². The van der Waals surface area contributed by atoms with E-state index in [1.54, 1.807) is 0 Å². The molecule has 16 heavy (non-hydrogen) atoms. The molecule has 2 rings (SSSR count). The van der Waals surface area contributed by atoms with E-state index >= 15 is 0 Å². The molecule has 2 aromatic rings. The summed E-state index contributed by atoms with van der Waals surface area (Å²) in [6.45, 7) is 8.74. The number of aromatic nitrogens is 2. The first kappa shape index (κ1) is 11.0. The Morgan fingerprint density at radius 3 is 2.81 bits per heavy atom. The minimum absolute atomic E-state index is 0.127. The maximum absolute atomic E-state index is 4.05. The molecule has 86 valence electrons. The fourth-order valence-corrected chi connectivity index (χ4v) is 1.69. The van der Waals surface area contributed by atoms with Gasteiger partial charge in [-0.05, 0) is 44.9 Å². The maximum atomic E-state index is 4.05. The van der Waals surface area contributed by atoms with E-state index in [9.17, 15) is 0 Å². The molecule has 1 heterocycles. The first-order valence-electron chi connectivity index (χ1n) is 5.74. The van der Waals surface area contributed by atoms with Crippen LogP contribution in [0.5, 0.6) is 0 Å². The standard InChI is InChI=1S/C13H19N3/c1-5-13(3,4)15-11-7-10-8-14-16-12(10)6-9(11)2/h6-8,15H,5H2,1-4H3,(H,14,16). The number of rotatable bonds is 3. The number of aryl methyl sites for hydroxylation is 1. The highest BCUT2D eigenvalue weighted by Crippen LogP contribution is 2.25. The first-order chi connectivity index (χ1) is 7.52. The summed E-state index contributed by atoms with van der Waals surface area (Å²) >= 11 is 0. The van der Waals surface area contributed by atoms with E-state index in [-0.39, 0.29) is 5.54 Å². The third kappa shape index (κ3) is 2.03. The van der Waals surface area contributed by atoms with Crippen LogP contribution in [0.25, 0.3) is 10.9 Å². The Morgan fingerprint density at radius 2 is 2.12 bits per heavy atom. The SMILES string of the molecule is CCC(C)(C)Nc1cc2cn[nH]c2cc1C. The maximum Gasteiger partial charge on any atom is 0.0654 e. The Bertz CT molecular complexity index is 497. The van der Waals surface area contributed by atoms with Crippen molar-refractivity contribution >= 4 is 16.6 Å². The number of hydrogen-bond acceptors (Lipinski definition) is 2. The molecule has 0 saturated heterocycles. The van der Waals surface area contributed by atoms with Crippen molar-refractivity contribution in [2.45, 2.75) is 39.7 Å². The van der Waals surface area contributed by atoms with Gasteiger partial charge in [0.05, 0.1) is 11.7 Å². The second kappa shape index (κ2) is 3.81. The molecule has 0 bridgehead atoms. The summed E-state index contributed by atoms with van der Waals surface area (Å²) in [6, 6.07) is 4.29. The normalized spacial score (nSPS) is 12.0. The van der Waals surface area contributed by atoms with E-state index in [0.29, 0.717) is 0 Å². The Balaban J connectivity index is 2.40. The van der Waals surface area contributed by atoms with Crippen molar-refractivity contribution in [2.75, 3.05) is 5.32 Å². The number of hydrogen-bond donors (Lipinski definition) is 2. The van der Waals surface area contributed by atoms with Gasteiger partial charge >= 0.3 is 0 Å². The van der Waals surface area contributed by atoms with Crippen LogP contribution in [0, 0.1) is 6.92 Å². The Labute approximate surface area is 96.2 Å². The van der Waals surface area contributed by atoms with Gasteiger partial charge in [-0.2, -0.15) is 5.10 Å². The molecule has 0 amide bonds. The zero-order valence-corrected chi connectivity index (χ0v) is 10.4. The molecule has 3 heteroatoms.